The largest absolute Gasteiger partial charge is 0.492 e. The predicted octanol–water partition coefficient (Wildman–Crippen LogP) is 2.94. The van der Waals surface area contributed by atoms with Crippen LogP contribution in [-0.4, -0.2) is 22.5 Å². The monoisotopic (exact) mass is 329 g/mol. The number of H-pyrrole nitrogens is 1. The number of nitrogens with zero attached hydrogens (tertiary/aromatic N) is 1. The van der Waals surface area contributed by atoms with Gasteiger partial charge in [0.1, 0.15) is 10.6 Å². The van der Waals surface area contributed by atoms with Gasteiger partial charge in [0.2, 0.25) is 0 Å². The van der Waals surface area contributed by atoms with Crippen LogP contribution in [0.2, 0.25) is 0 Å². The van der Waals surface area contributed by atoms with Crippen molar-refractivity contribution in [1.29, 1.82) is 0 Å². The zero-order chi connectivity index (χ0) is 16.4. The highest BCUT2D eigenvalue weighted by Crippen LogP contribution is 2.29. The van der Waals surface area contributed by atoms with E-state index < -0.39 is 0 Å². The first-order valence-electron chi connectivity index (χ1n) is 7.11. The molecule has 1 aromatic carbocycles. The third-order valence-electron chi connectivity index (χ3n) is 3.37. The van der Waals surface area contributed by atoms with Crippen LogP contribution in [0.3, 0.4) is 0 Å². The van der Waals surface area contributed by atoms with Crippen LogP contribution in [-0.2, 0) is 0 Å². The molecule has 0 aliphatic carbocycles. The summed E-state index contributed by atoms with van der Waals surface area (Å²) in [6.07, 6.45) is 1.34. The highest BCUT2D eigenvalue weighted by Gasteiger charge is 2.19. The second-order valence-electron chi connectivity index (χ2n) is 4.85. The average molecular weight is 329 g/mol. The number of aromatic amines is 1. The minimum absolute atomic E-state index is 0.238. The van der Waals surface area contributed by atoms with E-state index in [1.54, 1.807) is 19.1 Å². The first-order valence-corrected chi connectivity index (χ1v) is 7.93. The van der Waals surface area contributed by atoms with E-state index in [1.165, 1.54) is 17.7 Å². The molecule has 0 unspecified atom stereocenters. The van der Waals surface area contributed by atoms with Crippen molar-refractivity contribution >= 4 is 33.1 Å². The number of aryl methyl sites for hydroxylation is 1. The number of hydrogen-bond donors (Lipinski definition) is 2. The third-order valence-corrected chi connectivity index (χ3v) is 4.57. The second kappa shape index (κ2) is 6.21. The molecule has 2 N–H and O–H groups in total. The second-order valence-corrected chi connectivity index (χ2v) is 5.85. The fourth-order valence-electron chi connectivity index (χ4n) is 2.33. The number of aromatic nitrogens is 2. The topological polar surface area (TPSA) is 84.1 Å². The lowest BCUT2D eigenvalue weighted by molar-refractivity contribution is 0.102. The van der Waals surface area contributed by atoms with E-state index in [4.69, 9.17) is 4.74 Å². The average Bonchev–Trinajstić information content (AvgIpc) is 2.88. The summed E-state index contributed by atoms with van der Waals surface area (Å²) in [6, 6.07) is 7.23. The van der Waals surface area contributed by atoms with Crippen LogP contribution < -0.4 is 15.6 Å². The Morgan fingerprint density at radius 1 is 1.39 bits per heavy atom. The maximum absolute atomic E-state index is 12.6. The number of ether oxygens (including phenoxy) is 1. The van der Waals surface area contributed by atoms with Crippen molar-refractivity contribution in [2.24, 2.45) is 0 Å². The lowest BCUT2D eigenvalue weighted by atomic mass is 10.2. The molecule has 3 rings (SSSR count). The lowest BCUT2D eigenvalue weighted by Crippen LogP contribution is -2.13. The summed E-state index contributed by atoms with van der Waals surface area (Å²) in [5.41, 5.74) is 0.987. The van der Waals surface area contributed by atoms with Gasteiger partial charge in [-0.15, -0.1) is 11.3 Å². The Morgan fingerprint density at radius 3 is 2.91 bits per heavy atom. The van der Waals surface area contributed by atoms with Crippen LogP contribution in [0.5, 0.6) is 5.75 Å². The predicted molar refractivity (Wildman–Crippen MR) is 90.5 cm³/mol. The zero-order valence-corrected chi connectivity index (χ0v) is 13.5. The summed E-state index contributed by atoms with van der Waals surface area (Å²) in [5.74, 6) is 0.329. The van der Waals surface area contributed by atoms with Gasteiger partial charge in [-0.3, -0.25) is 9.59 Å². The highest BCUT2D eigenvalue weighted by molar-refractivity contribution is 7.20. The molecule has 7 heteroatoms. The van der Waals surface area contributed by atoms with Crippen molar-refractivity contribution in [3.63, 3.8) is 0 Å². The molecular weight excluding hydrogens is 314 g/mol. The number of thiophene rings is 1. The maximum Gasteiger partial charge on any atom is 0.266 e. The fraction of sp³-hybridized carbons (Fsp3) is 0.188. The molecule has 0 fully saturated rings. The van der Waals surface area contributed by atoms with Gasteiger partial charge >= 0.3 is 0 Å². The minimum Gasteiger partial charge on any atom is -0.492 e. The summed E-state index contributed by atoms with van der Waals surface area (Å²) in [5, 5.41) is 3.30. The van der Waals surface area contributed by atoms with Crippen molar-refractivity contribution in [1.82, 2.24) is 9.97 Å². The molecule has 0 bridgehead atoms. The Labute approximate surface area is 136 Å². The molecule has 2 heterocycles. The van der Waals surface area contributed by atoms with E-state index in [0.717, 1.165) is 0 Å². The standard InChI is InChI=1S/C16H15N3O3S/c1-3-22-11-7-5-4-6-10(11)19-15(21)13-9(2)12-14(20)17-8-18-16(12)23-13/h4-8H,3H2,1-2H3,(H,19,21)(H,17,18,20). The van der Waals surface area contributed by atoms with E-state index in [2.05, 4.69) is 15.3 Å². The van der Waals surface area contributed by atoms with Gasteiger partial charge in [-0.05, 0) is 31.5 Å². The number of carbonyl (C=O) groups excluding carboxylic acids is 1. The molecule has 2 aromatic heterocycles. The molecule has 0 aliphatic rings. The van der Waals surface area contributed by atoms with Gasteiger partial charge in [0.25, 0.3) is 11.5 Å². The van der Waals surface area contributed by atoms with Gasteiger partial charge in [-0.25, -0.2) is 4.98 Å². The SMILES string of the molecule is CCOc1ccccc1NC(=O)c1sc2nc[nH]c(=O)c2c1C. The van der Waals surface area contributed by atoms with Gasteiger partial charge in [0.05, 0.1) is 28.9 Å². The molecule has 1 amide bonds. The number of para-hydroxylation sites is 2. The molecule has 0 saturated carbocycles. The number of amides is 1. The van der Waals surface area contributed by atoms with Crippen LogP contribution in [0, 0.1) is 6.92 Å². The van der Waals surface area contributed by atoms with Crippen LogP contribution in [0.25, 0.3) is 10.2 Å². The summed E-state index contributed by atoms with van der Waals surface area (Å²) in [6.45, 7) is 4.14. The van der Waals surface area contributed by atoms with Crippen LogP contribution >= 0.6 is 11.3 Å². The number of nitrogens with one attached hydrogen (secondary N) is 2. The Bertz CT molecular complexity index is 930. The van der Waals surface area contributed by atoms with Gasteiger partial charge in [0, 0.05) is 0 Å². The Balaban J connectivity index is 1.97. The van der Waals surface area contributed by atoms with Crippen molar-refractivity contribution in [3.8, 4) is 5.75 Å². The molecule has 0 aliphatic heterocycles. The number of rotatable bonds is 4. The molecule has 23 heavy (non-hydrogen) atoms. The molecule has 0 spiro atoms. The number of benzene rings is 1. The Hall–Kier alpha value is -2.67. The van der Waals surface area contributed by atoms with Crippen LogP contribution in [0.15, 0.2) is 35.4 Å². The zero-order valence-electron chi connectivity index (χ0n) is 12.7. The maximum atomic E-state index is 12.6. The van der Waals surface area contributed by atoms with E-state index >= 15 is 0 Å². The Kier molecular flexibility index (Phi) is 4.12. The van der Waals surface area contributed by atoms with Gasteiger partial charge in [-0.1, -0.05) is 12.1 Å². The summed E-state index contributed by atoms with van der Waals surface area (Å²) in [4.78, 5) is 32.1. The lowest BCUT2D eigenvalue weighted by Gasteiger charge is -2.10. The van der Waals surface area contributed by atoms with Crippen molar-refractivity contribution < 1.29 is 9.53 Å². The van der Waals surface area contributed by atoms with E-state index in [1.807, 2.05) is 19.1 Å². The Morgan fingerprint density at radius 2 is 2.17 bits per heavy atom. The van der Waals surface area contributed by atoms with Gasteiger partial charge < -0.3 is 15.0 Å². The van der Waals surface area contributed by atoms with Crippen molar-refractivity contribution in [2.45, 2.75) is 13.8 Å². The number of carbonyl (C=O) groups is 1. The molecule has 3 aromatic rings. The molecule has 0 radical (unpaired) electrons. The van der Waals surface area contributed by atoms with Crippen LogP contribution in [0.4, 0.5) is 5.69 Å². The summed E-state index contributed by atoms with van der Waals surface area (Å²) in [7, 11) is 0. The van der Waals surface area contributed by atoms with Crippen molar-refractivity contribution in [3.05, 3.63) is 51.4 Å². The third kappa shape index (κ3) is 2.83. The smallest absolute Gasteiger partial charge is 0.266 e. The summed E-state index contributed by atoms with van der Waals surface area (Å²) < 4.78 is 5.50. The first kappa shape index (κ1) is 15.2. The summed E-state index contributed by atoms with van der Waals surface area (Å²) >= 11 is 1.20. The van der Waals surface area contributed by atoms with E-state index in [9.17, 15) is 9.59 Å². The van der Waals surface area contributed by atoms with Gasteiger partial charge in [0.15, 0.2) is 0 Å². The normalized spacial score (nSPS) is 10.7. The number of hydrogen-bond acceptors (Lipinski definition) is 5. The first-order chi connectivity index (χ1) is 11.1. The highest BCUT2D eigenvalue weighted by atomic mass is 32.1. The van der Waals surface area contributed by atoms with Gasteiger partial charge in [-0.2, -0.15) is 0 Å². The van der Waals surface area contributed by atoms with E-state index in [0.29, 0.717) is 38.7 Å². The quantitative estimate of drug-likeness (QED) is 0.771. The van der Waals surface area contributed by atoms with Crippen LogP contribution in [0.1, 0.15) is 22.2 Å². The molecular formula is C16H15N3O3S. The van der Waals surface area contributed by atoms with E-state index in [-0.39, 0.29) is 11.5 Å². The molecule has 0 atom stereocenters. The van der Waals surface area contributed by atoms with Crippen molar-refractivity contribution in [2.75, 3.05) is 11.9 Å². The molecule has 6 nitrogen and oxygen atoms in total. The minimum atomic E-state index is -0.281. The molecule has 118 valence electrons. The molecule has 0 saturated heterocycles. The number of anilines is 1. The number of fused-ring (bicyclic) bond motifs is 1. The fourth-order valence-corrected chi connectivity index (χ4v) is 3.37.